The molecular weight excluding hydrogens is 359 g/mol. The number of rotatable bonds is 1. The molecule has 98 valence electrons. The molecule has 0 atom stereocenters. The average Bonchev–Trinajstić information content (AvgIpc) is 2.34. The van der Waals surface area contributed by atoms with Crippen LogP contribution in [-0.4, -0.2) is 18.3 Å². The van der Waals surface area contributed by atoms with Gasteiger partial charge in [0.25, 0.3) is 0 Å². The van der Waals surface area contributed by atoms with Crippen molar-refractivity contribution in [3.8, 4) is 0 Å². The van der Waals surface area contributed by atoms with Crippen LogP contribution in [0.1, 0.15) is 34.1 Å². The third-order valence-electron chi connectivity index (χ3n) is 3.69. The maximum Gasteiger partial charge on any atom is 0.490 e. The fraction of sp³-hybridized carbons (Fsp3) is 0.538. The summed E-state index contributed by atoms with van der Waals surface area (Å²) in [6, 6.07) is 0. The molecule has 0 aromatic carbocycles. The second-order valence-corrected chi connectivity index (χ2v) is 7.46. The third-order valence-corrected chi connectivity index (χ3v) is 4.70. The Balaban J connectivity index is 2.23. The van der Waals surface area contributed by atoms with Crippen LogP contribution in [0.15, 0.2) is 32.7 Å². The summed E-state index contributed by atoms with van der Waals surface area (Å²) in [7, 11) is -0.273. The number of allylic oxidation sites excluding steroid dienone is 6. The van der Waals surface area contributed by atoms with Crippen LogP contribution < -0.4 is 0 Å². The van der Waals surface area contributed by atoms with Crippen molar-refractivity contribution < 1.29 is 9.31 Å². The molecular formula is C13H17BBr2O2. The van der Waals surface area contributed by atoms with Crippen LogP contribution in [0.3, 0.4) is 0 Å². The highest BCUT2D eigenvalue weighted by atomic mass is 79.9. The lowest BCUT2D eigenvalue weighted by Crippen LogP contribution is -2.41. The molecule has 0 amide bonds. The van der Waals surface area contributed by atoms with Gasteiger partial charge in [-0.1, -0.05) is 44.0 Å². The zero-order valence-corrected chi connectivity index (χ0v) is 14.3. The number of hydrogen-bond donors (Lipinski definition) is 0. The van der Waals surface area contributed by atoms with E-state index < -0.39 is 0 Å². The van der Waals surface area contributed by atoms with Gasteiger partial charge in [0.1, 0.15) is 0 Å². The largest absolute Gasteiger partial charge is 0.490 e. The Labute approximate surface area is 126 Å². The molecule has 0 N–H and O–H groups in total. The summed E-state index contributed by atoms with van der Waals surface area (Å²) in [5.41, 5.74) is 0.551. The van der Waals surface area contributed by atoms with Gasteiger partial charge in [0.05, 0.1) is 11.2 Å². The van der Waals surface area contributed by atoms with Crippen LogP contribution in [0.5, 0.6) is 0 Å². The maximum atomic E-state index is 6.06. The van der Waals surface area contributed by atoms with Crippen molar-refractivity contribution in [1.29, 1.82) is 0 Å². The monoisotopic (exact) mass is 374 g/mol. The molecule has 1 saturated heterocycles. The van der Waals surface area contributed by atoms with Gasteiger partial charge in [-0.25, -0.2) is 0 Å². The Morgan fingerprint density at radius 1 is 1.00 bits per heavy atom. The van der Waals surface area contributed by atoms with Crippen LogP contribution in [0.2, 0.25) is 0 Å². The van der Waals surface area contributed by atoms with Gasteiger partial charge in [0.15, 0.2) is 0 Å². The molecule has 0 aromatic rings. The Morgan fingerprint density at radius 3 is 2.11 bits per heavy atom. The molecule has 0 unspecified atom stereocenters. The highest BCUT2D eigenvalue weighted by Crippen LogP contribution is 2.40. The predicted molar refractivity (Wildman–Crippen MR) is 82.8 cm³/mol. The standard InChI is InChI=1S/C13H17BBr2O2/c1-12(2)13(3,4)18-14(17-12)9-5-6-10(15)8-11(16)7-9/h6-8H,5H2,1-4H3. The fourth-order valence-corrected chi connectivity index (χ4v) is 3.10. The highest BCUT2D eigenvalue weighted by molar-refractivity contribution is 9.12. The van der Waals surface area contributed by atoms with Crippen molar-refractivity contribution in [1.82, 2.24) is 0 Å². The second-order valence-electron chi connectivity index (χ2n) is 5.63. The van der Waals surface area contributed by atoms with Crippen molar-refractivity contribution in [2.75, 3.05) is 0 Å². The van der Waals surface area contributed by atoms with Gasteiger partial charge < -0.3 is 9.31 Å². The van der Waals surface area contributed by atoms with Gasteiger partial charge >= 0.3 is 7.12 Å². The first-order chi connectivity index (χ1) is 8.21. The van der Waals surface area contributed by atoms with Crippen molar-refractivity contribution in [3.63, 3.8) is 0 Å². The topological polar surface area (TPSA) is 18.5 Å². The van der Waals surface area contributed by atoms with E-state index in [-0.39, 0.29) is 18.3 Å². The molecule has 1 fully saturated rings. The summed E-state index contributed by atoms with van der Waals surface area (Å²) in [4.78, 5) is 0. The zero-order chi connectivity index (χ0) is 13.6. The molecule has 1 aliphatic heterocycles. The molecule has 5 heteroatoms. The van der Waals surface area contributed by atoms with Crippen LogP contribution in [0.25, 0.3) is 0 Å². The number of hydrogen-bond acceptors (Lipinski definition) is 2. The van der Waals surface area contributed by atoms with Crippen LogP contribution in [0.4, 0.5) is 0 Å². The summed E-state index contributed by atoms with van der Waals surface area (Å²) in [5, 5.41) is 0. The van der Waals surface area contributed by atoms with E-state index in [2.05, 4.69) is 71.7 Å². The first-order valence-electron chi connectivity index (χ1n) is 6.00. The highest BCUT2D eigenvalue weighted by Gasteiger charge is 2.52. The fourth-order valence-electron chi connectivity index (χ4n) is 1.84. The smallest absolute Gasteiger partial charge is 0.400 e. The van der Waals surface area contributed by atoms with Gasteiger partial charge in [-0.3, -0.25) is 0 Å². The summed E-state index contributed by atoms with van der Waals surface area (Å²) < 4.78 is 14.2. The Hall–Kier alpha value is 0.165. The summed E-state index contributed by atoms with van der Waals surface area (Å²) >= 11 is 7.03. The second kappa shape index (κ2) is 4.93. The lowest BCUT2D eigenvalue weighted by molar-refractivity contribution is 0.00578. The Kier molecular flexibility index (Phi) is 3.99. The van der Waals surface area contributed by atoms with E-state index >= 15 is 0 Å². The summed E-state index contributed by atoms with van der Waals surface area (Å²) in [6.45, 7) is 8.28. The molecule has 2 aliphatic rings. The molecule has 2 rings (SSSR count). The number of halogens is 2. The lowest BCUT2D eigenvalue weighted by Gasteiger charge is -2.32. The van der Waals surface area contributed by atoms with Gasteiger partial charge in [-0.2, -0.15) is 0 Å². The molecule has 0 radical (unpaired) electrons. The van der Waals surface area contributed by atoms with Crippen molar-refractivity contribution in [2.45, 2.75) is 45.3 Å². The Bertz CT molecular complexity index is 434. The first-order valence-corrected chi connectivity index (χ1v) is 7.59. The lowest BCUT2D eigenvalue weighted by atomic mass is 9.76. The normalized spacial score (nSPS) is 26.3. The van der Waals surface area contributed by atoms with Gasteiger partial charge in [0.2, 0.25) is 0 Å². The molecule has 1 heterocycles. The van der Waals surface area contributed by atoms with Crippen molar-refractivity contribution >= 4 is 39.0 Å². The molecule has 0 aromatic heterocycles. The van der Waals surface area contributed by atoms with Gasteiger partial charge in [-0.15, -0.1) is 0 Å². The third kappa shape index (κ3) is 2.84. The van der Waals surface area contributed by atoms with Crippen LogP contribution >= 0.6 is 31.9 Å². The minimum atomic E-state index is -0.290. The maximum absolute atomic E-state index is 6.06. The molecule has 2 nitrogen and oxygen atoms in total. The summed E-state index contributed by atoms with van der Waals surface area (Å²) in [5.74, 6) is 0. The zero-order valence-electron chi connectivity index (χ0n) is 11.1. The molecule has 0 spiro atoms. The van der Waals surface area contributed by atoms with E-state index in [1.54, 1.807) is 0 Å². The van der Waals surface area contributed by atoms with E-state index in [1.165, 1.54) is 0 Å². The van der Waals surface area contributed by atoms with E-state index in [9.17, 15) is 0 Å². The SMILES string of the molecule is CC1(C)OB(C2=CC(Br)=CC(Br)=CC2)OC1(C)C. The van der Waals surface area contributed by atoms with Crippen LogP contribution in [-0.2, 0) is 9.31 Å². The molecule has 0 bridgehead atoms. The minimum Gasteiger partial charge on any atom is -0.400 e. The van der Waals surface area contributed by atoms with E-state index in [0.29, 0.717) is 0 Å². The van der Waals surface area contributed by atoms with Gasteiger partial charge in [-0.05, 0) is 45.7 Å². The quantitative estimate of drug-likeness (QED) is 0.628. The molecule has 0 saturated carbocycles. The summed E-state index contributed by atoms with van der Waals surface area (Å²) in [6.07, 6.45) is 7.04. The first kappa shape index (κ1) is 14.6. The molecule has 1 aliphatic carbocycles. The van der Waals surface area contributed by atoms with Crippen molar-refractivity contribution in [3.05, 3.63) is 32.7 Å². The molecule has 18 heavy (non-hydrogen) atoms. The van der Waals surface area contributed by atoms with E-state index in [4.69, 9.17) is 9.31 Å². The minimum absolute atomic E-state index is 0.273. The van der Waals surface area contributed by atoms with E-state index in [0.717, 1.165) is 20.9 Å². The van der Waals surface area contributed by atoms with Crippen LogP contribution in [0, 0.1) is 0 Å². The predicted octanol–water partition coefficient (Wildman–Crippen LogP) is 4.51. The van der Waals surface area contributed by atoms with Gasteiger partial charge in [0, 0.05) is 8.96 Å². The van der Waals surface area contributed by atoms with E-state index in [1.807, 2.05) is 6.08 Å². The Morgan fingerprint density at radius 2 is 1.56 bits per heavy atom. The average molecular weight is 376 g/mol. The van der Waals surface area contributed by atoms with Crippen molar-refractivity contribution in [2.24, 2.45) is 0 Å².